The van der Waals surface area contributed by atoms with E-state index in [-0.39, 0.29) is 5.91 Å². The number of rotatable bonds is 4. The highest BCUT2D eigenvalue weighted by molar-refractivity contribution is 5.91. The van der Waals surface area contributed by atoms with Gasteiger partial charge in [-0.2, -0.15) is 0 Å². The maximum Gasteiger partial charge on any atom is 0.244 e. The van der Waals surface area contributed by atoms with Crippen molar-refractivity contribution < 1.29 is 4.79 Å². The normalized spacial score (nSPS) is 22.9. The number of hydrogen-bond donors (Lipinski definition) is 2. The van der Waals surface area contributed by atoms with Crippen LogP contribution in [-0.4, -0.2) is 11.9 Å². The van der Waals surface area contributed by atoms with Gasteiger partial charge in [0.1, 0.15) is 0 Å². The number of nitrogens with one attached hydrogen (secondary N) is 1. The molecule has 1 aromatic carbocycles. The number of anilines is 1. The van der Waals surface area contributed by atoms with E-state index in [1.807, 2.05) is 30.3 Å². The van der Waals surface area contributed by atoms with Crippen molar-refractivity contribution >= 4 is 17.7 Å². The van der Waals surface area contributed by atoms with Gasteiger partial charge in [0.05, 0.1) is 0 Å². The highest BCUT2D eigenvalue weighted by atomic mass is 16.1. The zero-order valence-corrected chi connectivity index (χ0v) is 12.1. The van der Waals surface area contributed by atoms with Crippen molar-refractivity contribution in [1.29, 1.82) is 0 Å². The molecule has 0 spiro atoms. The predicted octanol–water partition coefficient (Wildman–Crippen LogP) is 3.37. The number of carbonyl (C=O) groups is 1. The van der Waals surface area contributed by atoms with Gasteiger partial charge in [0.15, 0.2) is 0 Å². The van der Waals surface area contributed by atoms with E-state index in [2.05, 4.69) is 12.2 Å². The SMILES string of the molecule is CCC1CCCCC1NC(=O)/C=C/c1ccc(N)cc1. The molecule has 20 heavy (non-hydrogen) atoms. The lowest BCUT2D eigenvalue weighted by Gasteiger charge is -2.31. The highest BCUT2D eigenvalue weighted by Crippen LogP contribution is 2.26. The van der Waals surface area contributed by atoms with Crippen LogP contribution in [0.1, 0.15) is 44.6 Å². The van der Waals surface area contributed by atoms with E-state index in [4.69, 9.17) is 5.73 Å². The minimum Gasteiger partial charge on any atom is -0.399 e. The molecule has 108 valence electrons. The molecule has 2 rings (SSSR count). The van der Waals surface area contributed by atoms with Gasteiger partial charge >= 0.3 is 0 Å². The zero-order valence-electron chi connectivity index (χ0n) is 12.1. The van der Waals surface area contributed by atoms with Gasteiger partial charge in [-0.25, -0.2) is 0 Å². The van der Waals surface area contributed by atoms with E-state index < -0.39 is 0 Å². The summed E-state index contributed by atoms with van der Waals surface area (Å²) in [7, 11) is 0. The van der Waals surface area contributed by atoms with Crippen molar-refractivity contribution in [1.82, 2.24) is 5.32 Å². The average molecular weight is 272 g/mol. The number of nitrogens with two attached hydrogens (primary N) is 1. The molecular weight excluding hydrogens is 248 g/mol. The van der Waals surface area contributed by atoms with Crippen molar-refractivity contribution in [3.05, 3.63) is 35.9 Å². The van der Waals surface area contributed by atoms with Crippen molar-refractivity contribution in [3.63, 3.8) is 0 Å². The molecule has 0 bridgehead atoms. The van der Waals surface area contributed by atoms with Crippen LogP contribution >= 0.6 is 0 Å². The Morgan fingerprint density at radius 2 is 2.00 bits per heavy atom. The lowest BCUT2D eigenvalue weighted by molar-refractivity contribution is -0.117. The molecule has 3 nitrogen and oxygen atoms in total. The molecule has 1 aliphatic carbocycles. The number of carbonyl (C=O) groups excluding carboxylic acids is 1. The Balaban J connectivity index is 1.89. The molecule has 1 amide bonds. The van der Waals surface area contributed by atoms with Crippen LogP contribution in [0.2, 0.25) is 0 Å². The molecule has 0 saturated heterocycles. The van der Waals surface area contributed by atoms with Crippen molar-refractivity contribution in [2.75, 3.05) is 5.73 Å². The standard InChI is InChI=1S/C17H24N2O/c1-2-14-5-3-4-6-16(14)19-17(20)12-9-13-7-10-15(18)11-8-13/h7-12,14,16H,2-6,18H2,1H3,(H,19,20)/b12-9+. The Hall–Kier alpha value is -1.77. The van der Waals surface area contributed by atoms with Gasteiger partial charge in [0.2, 0.25) is 5.91 Å². The minimum atomic E-state index is 0.00664. The maximum absolute atomic E-state index is 12.0. The first-order chi connectivity index (χ1) is 9.69. The van der Waals surface area contributed by atoms with E-state index in [1.54, 1.807) is 6.08 Å². The third kappa shape index (κ3) is 4.12. The van der Waals surface area contributed by atoms with Gasteiger partial charge in [-0.3, -0.25) is 4.79 Å². The maximum atomic E-state index is 12.0. The molecule has 1 saturated carbocycles. The van der Waals surface area contributed by atoms with E-state index in [0.717, 1.165) is 24.1 Å². The summed E-state index contributed by atoms with van der Waals surface area (Å²) in [4.78, 5) is 12.0. The topological polar surface area (TPSA) is 55.1 Å². The van der Waals surface area contributed by atoms with Crippen LogP contribution in [0.5, 0.6) is 0 Å². The van der Waals surface area contributed by atoms with Crippen LogP contribution in [0.15, 0.2) is 30.3 Å². The van der Waals surface area contributed by atoms with Crippen LogP contribution in [-0.2, 0) is 4.79 Å². The summed E-state index contributed by atoms with van der Waals surface area (Å²) in [5.74, 6) is 0.643. The third-order valence-electron chi connectivity index (χ3n) is 4.12. The Labute approximate surface area is 121 Å². The second-order valence-electron chi connectivity index (χ2n) is 5.57. The molecule has 3 heteroatoms. The first-order valence-electron chi connectivity index (χ1n) is 7.53. The molecule has 3 N–H and O–H groups in total. The fraction of sp³-hybridized carbons (Fsp3) is 0.471. The molecular formula is C17H24N2O. The van der Waals surface area contributed by atoms with Crippen molar-refractivity contribution in [3.8, 4) is 0 Å². The smallest absolute Gasteiger partial charge is 0.244 e. The lowest BCUT2D eigenvalue weighted by Crippen LogP contribution is -2.41. The largest absolute Gasteiger partial charge is 0.399 e. The number of amides is 1. The first kappa shape index (κ1) is 14.6. The second-order valence-corrected chi connectivity index (χ2v) is 5.57. The van der Waals surface area contributed by atoms with E-state index in [9.17, 15) is 4.79 Å². The molecule has 1 fully saturated rings. The minimum absolute atomic E-state index is 0.00664. The monoisotopic (exact) mass is 272 g/mol. The summed E-state index contributed by atoms with van der Waals surface area (Å²) >= 11 is 0. The van der Waals surface area contributed by atoms with Gasteiger partial charge < -0.3 is 11.1 Å². The third-order valence-corrected chi connectivity index (χ3v) is 4.12. The summed E-state index contributed by atoms with van der Waals surface area (Å²) in [6.07, 6.45) is 9.47. The fourth-order valence-electron chi connectivity index (χ4n) is 2.90. The number of hydrogen-bond acceptors (Lipinski definition) is 2. The molecule has 0 aliphatic heterocycles. The Morgan fingerprint density at radius 1 is 1.30 bits per heavy atom. The molecule has 1 aliphatic rings. The number of benzene rings is 1. The second kappa shape index (κ2) is 7.13. The van der Waals surface area contributed by atoms with Crippen molar-refractivity contribution in [2.45, 2.75) is 45.1 Å². The van der Waals surface area contributed by atoms with Gasteiger partial charge in [0, 0.05) is 17.8 Å². The molecule has 0 aromatic heterocycles. The van der Waals surface area contributed by atoms with Crippen LogP contribution < -0.4 is 11.1 Å². The van der Waals surface area contributed by atoms with Crippen LogP contribution in [0, 0.1) is 5.92 Å². The molecule has 0 heterocycles. The lowest BCUT2D eigenvalue weighted by atomic mass is 9.83. The Bertz CT molecular complexity index is 464. The first-order valence-corrected chi connectivity index (χ1v) is 7.53. The predicted molar refractivity (Wildman–Crippen MR) is 84.1 cm³/mol. The van der Waals surface area contributed by atoms with E-state index in [1.165, 1.54) is 19.3 Å². The molecule has 1 aromatic rings. The summed E-state index contributed by atoms with van der Waals surface area (Å²) in [6, 6.07) is 7.85. The summed E-state index contributed by atoms with van der Waals surface area (Å²) in [5, 5.41) is 3.15. The average Bonchev–Trinajstić information content (AvgIpc) is 2.47. The van der Waals surface area contributed by atoms with E-state index >= 15 is 0 Å². The van der Waals surface area contributed by atoms with Crippen molar-refractivity contribution in [2.24, 2.45) is 5.92 Å². The molecule has 0 radical (unpaired) electrons. The van der Waals surface area contributed by atoms with E-state index in [0.29, 0.717) is 12.0 Å². The van der Waals surface area contributed by atoms with Gasteiger partial charge in [-0.15, -0.1) is 0 Å². The summed E-state index contributed by atoms with van der Waals surface area (Å²) in [5.41, 5.74) is 7.36. The Kier molecular flexibility index (Phi) is 5.22. The van der Waals surface area contributed by atoms with Gasteiger partial charge in [0.25, 0.3) is 0 Å². The Morgan fingerprint density at radius 3 is 2.70 bits per heavy atom. The number of nitrogen functional groups attached to an aromatic ring is 1. The van der Waals surface area contributed by atoms with Crippen LogP contribution in [0.25, 0.3) is 6.08 Å². The zero-order chi connectivity index (χ0) is 14.4. The quantitative estimate of drug-likeness (QED) is 0.652. The molecule has 2 atom stereocenters. The van der Waals surface area contributed by atoms with Gasteiger partial charge in [-0.1, -0.05) is 38.3 Å². The summed E-state index contributed by atoms with van der Waals surface area (Å²) in [6.45, 7) is 2.21. The van der Waals surface area contributed by atoms with Gasteiger partial charge in [-0.05, 0) is 42.5 Å². The van der Waals surface area contributed by atoms with Crippen LogP contribution in [0.4, 0.5) is 5.69 Å². The summed E-state index contributed by atoms with van der Waals surface area (Å²) < 4.78 is 0. The van der Waals surface area contributed by atoms with Crippen LogP contribution in [0.3, 0.4) is 0 Å². The fourth-order valence-corrected chi connectivity index (χ4v) is 2.90. The molecule has 2 unspecified atom stereocenters. The highest BCUT2D eigenvalue weighted by Gasteiger charge is 2.24.